The van der Waals surface area contributed by atoms with Crippen molar-refractivity contribution >= 4 is 0 Å². The van der Waals surface area contributed by atoms with Gasteiger partial charge in [-0.1, -0.05) is 13.8 Å². The molecule has 2 saturated heterocycles. The fourth-order valence-electron chi connectivity index (χ4n) is 2.91. The van der Waals surface area contributed by atoms with Gasteiger partial charge < -0.3 is 15.4 Å². The summed E-state index contributed by atoms with van der Waals surface area (Å²) in [5.74, 6) is 0.801. The van der Waals surface area contributed by atoms with Gasteiger partial charge in [0.05, 0.1) is 6.61 Å². The molecule has 0 saturated carbocycles. The third-order valence-corrected chi connectivity index (χ3v) is 4.59. The lowest BCUT2D eigenvalue weighted by Crippen LogP contribution is -2.50. The second-order valence-electron chi connectivity index (χ2n) is 6.75. The van der Waals surface area contributed by atoms with Crippen LogP contribution in [0.4, 0.5) is 0 Å². The van der Waals surface area contributed by atoms with Crippen molar-refractivity contribution in [1.82, 2.24) is 10.6 Å². The summed E-state index contributed by atoms with van der Waals surface area (Å²) < 4.78 is 5.50. The molecule has 0 amide bonds. The predicted molar refractivity (Wildman–Crippen MR) is 71.2 cm³/mol. The number of nitrogens with one attached hydrogen (secondary N) is 2. The Morgan fingerprint density at radius 1 is 1.47 bits per heavy atom. The molecule has 0 aromatic heterocycles. The molecule has 0 spiro atoms. The van der Waals surface area contributed by atoms with Gasteiger partial charge in [0.15, 0.2) is 0 Å². The normalized spacial score (nSPS) is 35.1. The molecular formula is C14H28N2O. The van der Waals surface area contributed by atoms with Gasteiger partial charge in [-0.25, -0.2) is 0 Å². The number of piperidine rings is 1. The lowest BCUT2D eigenvalue weighted by Gasteiger charge is -2.39. The van der Waals surface area contributed by atoms with Gasteiger partial charge in [-0.05, 0) is 50.6 Å². The highest BCUT2D eigenvalue weighted by Gasteiger charge is 2.35. The molecule has 2 rings (SSSR count). The first-order valence-corrected chi connectivity index (χ1v) is 7.05. The van der Waals surface area contributed by atoms with E-state index in [2.05, 4.69) is 31.4 Å². The molecule has 0 aliphatic carbocycles. The van der Waals surface area contributed by atoms with Crippen molar-refractivity contribution in [1.29, 1.82) is 0 Å². The maximum absolute atomic E-state index is 5.50. The summed E-state index contributed by atoms with van der Waals surface area (Å²) in [6.07, 6.45) is 3.84. The zero-order valence-corrected chi connectivity index (χ0v) is 11.6. The lowest BCUT2D eigenvalue weighted by atomic mass is 9.74. The lowest BCUT2D eigenvalue weighted by molar-refractivity contribution is 0.134. The van der Waals surface area contributed by atoms with Gasteiger partial charge in [-0.2, -0.15) is 0 Å². The molecule has 3 heteroatoms. The van der Waals surface area contributed by atoms with Gasteiger partial charge in [-0.15, -0.1) is 0 Å². The fraction of sp³-hybridized carbons (Fsp3) is 1.00. The van der Waals surface area contributed by atoms with Gasteiger partial charge in [0.1, 0.15) is 0 Å². The first kappa shape index (κ1) is 13.3. The Hall–Kier alpha value is -0.120. The number of hydrogen-bond acceptors (Lipinski definition) is 3. The van der Waals surface area contributed by atoms with Crippen molar-refractivity contribution in [3.8, 4) is 0 Å². The van der Waals surface area contributed by atoms with Crippen molar-refractivity contribution in [2.75, 3.05) is 32.8 Å². The smallest absolute Gasteiger partial charge is 0.0646 e. The summed E-state index contributed by atoms with van der Waals surface area (Å²) in [4.78, 5) is 0. The van der Waals surface area contributed by atoms with E-state index in [1.807, 2.05) is 0 Å². The molecule has 2 aliphatic rings. The zero-order valence-electron chi connectivity index (χ0n) is 11.6. The van der Waals surface area contributed by atoms with Crippen molar-refractivity contribution in [2.45, 2.75) is 45.6 Å². The minimum atomic E-state index is 0.208. The molecule has 2 N–H and O–H groups in total. The van der Waals surface area contributed by atoms with Gasteiger partial charge in [-0.3, -0.25) is 0 Å². The fourth-order valence-corrected chi connectivity index (χ4v) is 2.91. The highest BCUT2D eigenvalue weighted by molar-refractivity contribution is 4.91. The molecular weight excluding hydrogens is 212 g/mol. The van der Waals surface area contributed by atoms with Gasteiger partial charge >= 0.3 is 0 Å². The van der Waals surface area contributed by atoms with E-state index in [0.717, 1.165) is 32.1 Å². The van der Waals surface area contributed by atoms with E-state index in [9.17, 15) is 0 Å². The summed E-state index contributed by atoms with van der Waals surface area (Å²) in [5.41, 5.74) is 0.582. The summed E-state index contributed by atoms with van der Waals surface area (Å²) >= 11 is 0. The maximum atomic E-state index is 5.50. The van der Waals surface area contributed by atoms with Crippen LogP contribution in [0.25, 0.3) is 0 Å². The maximum Gasteiger partial charge on any atom is 0.0646 e. The van der Waals surface area contributed by atoms with E-state index < -0.39 is 0 Å². The second kappa shape index (κ2) is 5.25. The predicted octanol–water partition coefficient (Wildman–Crippen LogP) is 1.78. The van der Waals surface area contributed by atoms with Crippen LogP contribution < -0.4 is 10.6 Å². The number of ether oxygens (including phenoxy) is 1. The Bertz CT molecular complexity index is 241. The van der Waals surface area contributed by atoms with Crippen LogP contribution in [0.5, 0.6) is 0 Å². The molecule has 0 bridgehead atoms. The van der Waals surface area contributed by atoms with E-state index in [0.29, 0.717) is 5.41 Å². The van der Waals surface area contributed by atoms with Crippen LogP contribution in [0.3, 0.4) is 0 Å². The van der Waals surface area contributed by atoms with E-state index in [4.69, 9.17) is 4.74 Å². The Balaban J connectivity index is 1.83. The minimum absolute atomic E-state index is 0.208. The van der Waals surface area contributed by atoms with E-state index >= 15 is 0 Å². The van der Waals surface area contributed by atoms with Crippen molar-refractivity contribution in [3.05, 3.63) is 0 Å². The van der Waals surface area contributed by atoms with Crippen LogP contribution in [0.2, 0.25) is 0 Å². The topological polar surface area (TPSA) is 33.3 Å². The molecule has 17 heavy (non-hydrogen) atoms. The molecule has 2 fully saturated rings. The minimum Gasteiger partial charge on any atom is -0.379 e. The van der Waals surface area contributed by atoms with Crippen LogP contribution >= 0.6 is 0 Å². The quantitative estimate of drug-likeness (QED) is 0.786. The second-order valence-corrected chi connectivity index (χ2v) is 6.75. The molecule has 0 aromatic carbocycles. The average Bonchev–Trinajstić information content (AvgIpc) is 2.76. The first-order valence-electron chi connectivity index (χ1n) is 7.05. The average molecular weight is 240 g/mol. The Morgan fingerprint density at radius 3 is 2.88 bits per heavy atom. The molecule has 2 atom stereocenters. The van der Waals surface area contributed by atoms with Crippen molar-refractivity contribution in [3.63, 3.8) is 0 Å². The largest absolute Gasteiger partial charge is 0.379 e. The number of hydrogen-bond donors (Lipinski definition) is 2. The van der Waals surface area contributed by atoms with E-state index in [-0.39, 0.29) is 5.54 Å². The molecule has 0 radical (unpaired) electrons. The molecule has 2 aliphatic heterocycles. The molecule has 2 heterocycles. The summed E-state index contributed by atoms with van der Waals surface area (Å²) in [5, 5.41) is 7.27. The van der Waals surface area contributed by atoms with Crippen LogP contribution in [0.15, 0.2) is 0 Å². The number of rotatable bonds is 4. The van der Waals surface area contributed by atoms with Crippen LogP contribution in [-0.4, -0.2) is 38.4 Å². The van der Waals surface area contributed by atoms with Crippen LogP contribution in [-0.2, 0) is 4.74 Å². The molecule has 2 unspecified atom stereocenters. The standard InChI is InChI=1S/C14H28N2O/c1-13(2,12-5-4-7-15-9-12)10-16-14(3)6-8-17-11-14/h12,15-16H,4-11H2,1-3H3. The summed E-state index contributed by atoms with van der Waals surface area (Å²) in [7, 11) is 0. The Kier molecular flexibility index (Phi) is 4.11. The third kappa shape index (κ3) is 3.43. The Labute approximate surface area is 106 Å². The van der Waals surface area contributed by atoms with Crippen LogP contribution in [0, 0.1) is 11.3 Å². The van der Waals surface area contributed by atoms with Crippen LogP contribution in [0.1, 0.15) is 40.0 Å². The molecule has 3 nitrogen and oxygen atoms in total. The van der Waals surface area contributed by atoms with Crippen molar-refractivity contribution < 1.29 is 4.74 Å². The highest BCUT2D eigenvalue weighted by Crippen LogP contribution is 2.32. The van der Waals surface area contributed by atoms with Crippen molar-refractivity contribution in [2.24, 2.45) is 11.3 Å². The van der Waals surface area contributed by atoms with E-state index in [1.165, 1.54) is 25.9 Å². The molecule has 0 aromatic rings. The van der Waals surface area contributed by atoms with Gasteiger partial charge in [0.2, 0.25) is 0 Å². The zero-order chi connectivity index (χ0) is 12.4. The van der Waals surface area contributed by atoms with Gasteiger partial charge in [0.25, 0.3) is 0 Å². The highest BCUT2D eigenvalue weighted by atomic mass is 16.5. The summed E-state index contributed by atoms with van der Waals surface area (Å²) in [6.45, 7) is 12.3. The SMILES string of the molecule is CC1(NCC(C)(C)C2CCCNC2)CCOC1. The Morgan fingerprint density at radius 2 is 2.29 bits per heavy atom. The summed E-state index contributed by atoms with van der Waals surface area (Å²) in [6, 6.07) is 0. The van der Waals surface area contributed by atoms with E-state index in [1.54, 1.807) is 0 Å². The first-order chi connectivity index (χ1) is 8.02. The molecule has 100 valence electrons. The van der Waals surface area contributed by atoms with Gasteiger partial charge in [0, 0.05) is 18.7 Å². The third-order valence-electron chi connectivity index (χ3n) is 4.59. The monoisotopic (exact) mass is 240 g/mol.